The summed E-state index contributed by atoms with van der Waals surface area (Å²) < 4.78 is 5.83. The first-order valence-corrected chi connectivity index (χ1v) is 6.68. The highest BCUT2D eigenvalue weighted by molar-refractivity contribution is 6.30. The lowest BCUT2D eigenvalue weighted by atomic mass is 10.3. The summed E-state index contributed by atoms with van der Waals surface area (Å²) in [6, 6.07) is 11.9. The number of furan rings is 1. The maximum absolute atomic E-state index is 5.93. The van der Waals surface area contributed by atoms with Crippen LogP contribution < -0.4 is 5.32 Å². The molecule has 1 heterocycles. The first-order valence-electron chi connectivity index (χ1n) is 6.30. The molecule has 1 aliphatic rings. The standard InChI is InChI=1S/C15H16ClNO/c1-10-7-14(10)15-6-5-13(18-15)9-17-12-4-2-3-11(16)8-12/h2-6,8,10,14,17H,7,9H2,1H3. The fourth-order valence-corrected chi connectivity index (χ4v) is 2.39. The second kappa shape index (κ2) is 4.69. The molecule has 1 aromatic carbocycles. The summed E-state index contributed by atoms with van der Waals surface area (Å²) >= 11 is 5.93. The minimum atomic E-state index is 0.643. The zero-order valence-corrected chi connectivity index (χ0v) is 11.1. The molecule has 1 N–H and O–H groups in total. The maximum atomic E-state index is 5.93. The number of nitrogens with one attached hydrogen (secondary N) is 1. The molecule has 1 aromatic heterocycles. The summed E-state index contributed by atoms with van der Waals surface area (Å²) in [6.45, 7) is 2.96. The predicted octanol–water partition coefficient (Wildman–Crippen LogP) is 4.67. The van der Waals surface area contributed by atoms with Gasteiger partial charge >= 0.3 is 0 Å². The van der Waals surface area contributed by atoms with Crippen LogP contribution in [0.1, 0.15) is 30.8 Å². The van der Waals surface area contributed by atoms with E-state index in [1.165, 1.54) is 6.42 Å². The van der Waals surface area contributed by atoms with E-state index in [1.54, 1.807) is 0 Å². The van der Waals surface area contributed by atoms with E-state index in [0.29, 0.717) is 12.5 Å². The lowest BCUT2D eigenvalue weighted by Crippen LogP contribution is -1.97. The van der Waals surface area contributed by atoms with E-state index in [9.17, 15) is 0 Å². The minimum absolute atomic E-state index is 0.643. The van der Waals surface area contributed by atoms with Crippen LogP contribution in [0.3, 0.4) is 0 Å². The maximum Gasteiger partial charge on any atom is 0.123 e. The van der Waals surface area contributed by atoms with Crippen molar-refractivity contribution >= 4 is 17.3 Å². The van der Waals surface area contributed by atoms with Gasteiger partial charge in [-0.15, -0.1) is 0 Å². The van der Waals surface area contributed by atoms with Crippen LogP contribution in [0.2, 0.25) is 5.02 Å². The monoisotopic (exact) mass is 261 g/mol. The van der Waals surface area contributed by atoms with Crippen molar-refractivity contribution < 1.29 is 4.42 Å². The van der Waals surface area contributed by atoms with E-state index in [-0.39, 0.29) is 0 Å². The van der Waals surface area contributed by atoms with Crippen molar-refractivity contribution in [1.29, 1.82) is 0 Å². The van der Waals surface area contributed by atoms with Crippen LogP contribution in [0.15, 0.2) is 40.8 Å². The Morgan fingerprint density at radius 1 is 1.33 bits per heavy atom. The lowest BCUT2D eigenvalue weighted by Gasteiger charge is -2.04. The van der Waals surface area contributed by atoms with Crippen LogP contribution in [0.25, 0.3) is 0 Å². The van der Waals surface area contributed by atoms with Crippen molar-refractivity contribution in [3.63, 3.8) is 0 Å². The highest BCUT2D eigenvalue weighted by Crippen LogP contribution is 2.47. The first-order chi connectivity index (χ1) is 8.72. The topological polar surface area (TPSA) is 25.2 Å². The van der Waals surface area contributed by atoms with Crippen molar-refractivity contribution in [1.82, 2.24) is 0 Å². The molecular weight excluding hydrogens is 246 g/mol. The summed E-state index contributed by atoms with van der Waals surface area (Å²) in [6.07, 6.45) is 1.26. The molecule has 18 heavy (non-hydrogen) atoms. The van der Waals surface area contributed by atoms with E-state index in [1.807, 2.05) is 24.3 Å². The van der Waals surface area contributed by atoms with E-state index >= 15 is 0 Å². The molecule has 0 aliphatic heterocycles. The molecular formula is C15H16ClNO. The first kappa shape index (κ1) is 11.7. The van der Waals surface area contributed by atoms with Gasteiger partial charge in [-0.05, 0) is 42.7 Å². The van der Waals surface area contributed by atoms with Gasteiger partial charge < -0.3 is 9.73 Å². The average Bonchev–Trinajstić information content (AvgIpc) is 2.91. The van der Waals surface area contributed by atoms with E-state index < -0.39 is 0 Å². The Kier molecular flexibility index (Phi) is 3.04. The number of benzene rings is 1. The molecule has 1 fully saturated rings. The van der Waals surface area contributed by atoms with Crippen molar-refractivity contribution in [2.45, 2.75) is 25.8 Å². The van der Waals surface area contributed by atoms with Gasteiger partial charge in [0, 0.05) is 16.6 Å². The van der Waals surface area contributed by atoms with Crippen LogP contribution in [0.5, 0.6) is 0 Å². The second-order valence-electron chi connectivity index (χ2n) is 4.99. The van der Waals surface area contributed by atoms with Crippen molar-refractivity contribution in [3.05, 3.63) is 52.9 Å². The van der Waals surface area contributed by atoms with Gasteiger partial charge in [0.2, 0.25) is 0 Å². The van der Waals surface area contributed by atoms with Gasteiger partial charge in [-0.3, -0.25) is 0 Å². The van der Waals surface area contributed by atoms with Gasteiger partial charge in [0.1, 0.15) is 11.5 Å². The van der Waals surface area contributed by atoms with Crippen molar-refractivity contribution in [3.8, 4) is 0 Å². The summed E-state index contributed by atoms with van der Waals surface area (Å²) in [5.74, 6) is 3.53. The van der Waals surface area contributed by atoms with Crippen LogP contribution in [0.4, 0.5) is 5.69 Å². The molecule has 3 heteroatoms. The molecule has 2 aromatic rings. The Hall–Kier alpha value is -1.41. The lowest BCUT2D eigenvalue weighted by molar-refractivity contribution is 0.468. The van der Waals surface area contributed by atoms with Crippen LogP contribution in [-0.4, -0.2) is 0 Å². The van der Waals surface area contributed by atoms with E-state index in [4.69, 9.17) is 16.0 Å². The molecule has 0 amide bonds. The molecule has 2 atom stereocenters. The fraction of sp³-hybridized carbons (Fsp3) is 0.333. The van der Waals surface area contributed by atoms with Crippen molar-refractivity contribution in [2.24, 2.45) is 5.92 Å². The molecule has 0 spiro atoms. The SMILES string of the molecule is CC1CC1c1ccc(CNc2cccc(Cl)c2)o1. The summed E-state index contributed by atoms with van der Waals surface area (Å²) in [4.78, 5) is 0. The summed E-state index contributed by atoms with van der Waals surface area (Å²) in [5.41, 5.74) is 1.01. The van der Waals surface area contributed by atoms with E-state index in [0.717, 1.165) is 28.1 Å². The van der Waals surface area contributed by atoms with Crippen molar-refractivity contribution in [2.75, 3.05) is 5.32 Å². The smallest absolute Gasteiger partial charge is 0.123 e. The Balaban J connectivity index is 1.61. The number of halogens is 1. The van der Waals surface area contributed by atoms with Gasteiger partial charge in [-0.25, -0.2) is 0 Å². The highest BCUT2D eigenvalue weighted by atomic mass is 35.5. The number of hydrogen-bond acceptors (Lipinski definition) is 2. The number of anilines is 1. The molecule has 3 rings (SSSR count). The molecule has 0 radical (unpaired) electrons. The largest absolute Gasteiger partial charge is 0.464 e. The van der Waals surface area contributed by atoms with Gasteiger partial charge in [-0.2, -0.15) is 0 Å². The van der Waals surface area contributed by atoms with Crippen LogP contribution in [-0.2, 0) is 6.54 Å². The third-order valence-corrected chi connectivity index (χ3v) is 3.68. The quantitative estimate of drug-likeness (QED) is 0.865. The zero-order valence-electron chi connectivity index (χ0n) is 10.3. The second-order valence-corrected chi connectivity index (χ2v) is 5.42. The Labute approximate surface area is 112 Å². The fourth-order valence-electron chi connectivity index (χ4n) is 2.19. The third-order valence-electron chi connectivity index (χ3n) is 3.45. The van der Waals surface area contributed by atoms with Crippen LogP contribution in [0, 0.1) is 5.92 Å². The Bertz CT molecular complexity index is 549. The highest BCUT2D eigenvalue weighted by Gasteiger charge is 2.36. The Morgan fingerprint density at radius 2 is 2.17 bits per heavy atom. The molecule has 2 unspecified atom stereocenters. The third kappa shape index (κ3) is 2.54. The van der Waals surface area contributed by atoms with Gasteiger partial charge in [-0.1, -0.05) is 24.6 Å². The number of rotatable bonds is 4. The van der Waals surface area contributed by atoms with Gasteiger partial charge in [0.25, 0.3) is 0 Å². The van der Waals surface area contributed by atoms with E-state index in [2.05, 4.69) is 24.4 Å². The minimum Gasteiger partial charge on any atom is -0.464 e. The normalized spacial score (nSPS) is 21.9. The zero-order chi connectivity index (χ0) is 12.5. The molecule has 1 saturated carbocycles. The molecule has 94 valence electrons. The summed E-state index contributed by atoms with van der Waals surface area (Å²) in [5, 5.41) is 4.05. The summed E-state index contributed by atoms with van der Waals surface area (Å²) in [7, 11) is 0. The molecule has 0 bridgehead atoms. The molecule has 0 saturated heterocycles. The van der Waals surface area contributed by atoms with Crippen LogP contribution >= 0.6 is 11.6 Å². The molecule has 2 nitrogen and oxygen atoms in total. The van der Waals surface area contributed by atoms with Gasteiger partial charge in [0.05, 0.1) is 6.54 Å². The average molecular weight is 262 g/mol. The number of hydrogen-bond donors (Lipinski definition) is 1. The van der Waals surface area contributed by atoms with Gasteiger partial charge in [0.15, 0.2) is 0 Å². The molecule has 1 aliphatic carbocycles. The predicted molar refractivity (Wildman–Crippen MR) is 74.0 cm³/mol. The Morgan fingerprint density at radius 3 is 2.89 bits per heavy atom.